The van der Waals surface area contributed by atoms with Crippen LogP contribution in [0.15, 0.2) is 41.0 Å². The summed E-state index contributed by atoms with van der Waals surface area (Å²) in [7, 11) is 0. The Bertz CT molecular complexity index is 740. The maximum absolute atomic E-state index is 5.90. The van der Waals surface area contributed by atoms with Crippen LogP contribution in [-0.2, 0) is 0 Å². The number of nitrogens with two attached hydrogens (primary N) is 1. The van der Waals surface area contributed by atoms with Gasteiger partial charge in [0.25, 0.3) is 0 Å². The Labute approximate surface area is 145 Å². The minimum atomic E-state index is 0.329. The smallest absolute Gasteiger partial charge is 0.222 e. The Morgan fingerprint density at radius 3 is 2.74 bits per heavy atom. The Hall–Kier alpha value is -1.88. The fraction of sp³-hybridized carbons (Fsp3) is 0.333. The summed E-state index contributed by atoms with van der Waals surface area (Å²) in [5.74, 6) is 1.55. The minimum absolute atomic E-state index is 0.329. The largest absolute Gasteiger partial charge is 0.368 e. The summed E-state index contributed by atoms with van der Waals surface area (Å²) in [5, 5.41) is 0. The van der Waals surface area contributed by atoms with Crippen molar-refractivity contribution >= 4 is 33.3 Å². The van der Waals surface area contributed by atoms with Crippen molar-refractivity contribution in [1.29, 1.82) is 0 Å². The van der Waals surface area contributed by atoms with E-state index in [1.54, 1.807) is 0 Å². The van der Waals surface area contributed by atoms with Gasteiger partial charge in [0.05, 0.1) is 5.69 Å². The number of rotatable bonds is 3. The molecule has 0 spiro atoms. The van der Waals surface area contributed by atoms with Gasteiger partial charge in [0.2, 0.25) is 5.95 Å². The molecule has 3 rings (SSSR count). The normalized spacial score (nSPS) is 15.0. The number of hydrogen-bond acceptors (Lipinski definition) is 4. The molecule has 1 aliphatic rings. The molecule has 2 aromatic rings. The van der Waals surface area contributed by atoms with E-state index in [9.17, 15) is 0 Å². The quantitative estimate of drug-likeness (QED) is 0.855. The van der Waals surface area contributed by atoms with Crippen molar-refractivity contribution in [2.45, 2.75) is 32.6 Å². The summed E-state index contributed by atoms with van der Waals surface area (Å²) in [6.07, 6.45) is 4.35. The highest BCUT2D eigenvalue weighted by molar-refractivity contribution is 9.10. The molecule has 0 saturated heterocycles. The lowest BCUT2D eigenvalue weighted by Crippen LogP contribution is -2.23. The molecule has 4 nitrogen and oxygen atoms in total. The van der Waals surface area contributed by atoms with Crippen molar-refractivity contribution < 1.29 is 0 Å². The summed E-state index contributed by atoms with van der Waals surface area (Å²) in [5.41, 5.74) is 9.43. The van der Waals surface area contributed by atoms with Gasteiger partial charge in [-0.15, -0.1) is 0 Å². The Morgan fingerprint density at radius 1 is 1.22 bits per heavy atom. The molecule has 0 fully saturated rings. The van der Waals surface area contributed by atoms with Crippen molar-refractivity contribution in [2.24, 2.45) is 0 Å². The average Bonchev–Trinajstić information content (AvgIpc) is 2.55. The maximum Gasteiger partial charge on any atom is 0.222 e. The van der Waals surface area contributed by atoms with Gasteiger partial charge < -0.3 is 10.6 Å². The lowest BCUT2D eigenvalue weighted by molar-refractivity contribution is 0.776. The van der Waals surface area contributed by atoms with Crippen LogP contribution >= 0.6 is 15.9 Å². The first kappa shape index (κ1) is 16.0. The van der Waals surface area contributed by atoms with E-state index in [1.165, 1.54) is 11.1 Å². The van der Waals surface area contributed by atoms with Crippen molar-refractivity contribution in [1.82, 2.24) is 9.97 Å². The number of nitrogen functional groups attached to an aromatic ring is 1. The molecule has 0 amide bonds. The fourth-order valence-electron chi connectivity index (χ4n) is 2.78. The summed E-state index contributed by atoms with van der Waals surface area (Å²) in [6.45, 7) is 5.18. The molecule has 0 radical (unpaired) electrons. The third-order valence-corrected chi connectivity index (χ3v) is 4.70. The fourth-order valence-corrected chi connectivity index (χ4v) is 3.32. The molecule has 0 bridgehead atoms. The first-order valence-electron chi connectivity index (χ1n) is 7.91. The van der Waals surface area contributed by atoms with E-state index in [0.717, 1.165) is 35.4 Å². The molecule has 1 aromatic carbocycles. The number of allylic oxidation sites excluding steroid dienone is 1. The highest BCUT2D eigenvalue weighted by atomic mass is 79.9. The molecular weight excluding hydrogens is 352 g/mol. The molecular formula is C18H21BrN4. The van der Waals surface area contributed by atoms with Gasteiger partial charge in [0.1, 0.15) is 5.82 Å². The Kier molecular flexibility index (Phi) is 4.66. The number of hydrogen-bond donors (Lipinski definition) is 1. The highest BCUT2D eigenvalue weighted by Gasteiger charge is 2.17. The molecule has 0 unspecified atom stereocenters. The van der Waals surface area contributed by atoms with Crippen LogP contribution in [0.5, 0.6) is 0 Å². The number of halogens is 1. The van der Waals surface area contributed by atoms with Crippen LogP contribution < -0.4 is 10.6 Å². The Balaban J connectivity index is 1.98. The predicted molar refractivity (Wildman–Crippen MR) is 99.2 cm³/mol. The van der Waals surface area contributed by atoms with Gasteiger partial charge in [-0.2, -0.15) is 4.98 Å². The monoisotopic (exact) mass is 372 g/mol. The van der Waals surface area contributed by atoms with E-state index in [2.05, 4.69) is 69.0 Å². The standard InChI is InChI=1S/C18H21BrN4/c1-12(2)16-10-17(22-18(20)21-16)23-9-5-6-13(11-23)14-7-3-4-8-15(14)19/h3-4,7-8,10-12H,5-6,9H2,1-2H3,(H2,20,21,22). The van der Waals surface area contributed by atoms with Crippen LogP contribution in [0.25, 0.3) is 5.57 Å². The van der Waals surface area contributed by atoms with Crippen LogP contribution in [0.4, 0.5) is 11.8 Å². The molecule has 2 N–H and O–H groups in total. The van der Waals surface area contributed by atoms with Gasteiger partial charge in [0, 0.05) is 23.3 Å². The van der Waals surface area contributed by atoms with Gasteiger partial charge in [-0.25, -0.2) is 4.98 Å². The van der Waals surface area contributed by atoms with Crippen molar-refractivity contribution in [3.05, 3.63) is 52.3 Å². The predicted octanol–water partition coefficient (Wildman–Crippen LogP) is 4.59. The number of aromatic nitrogens is 2. The van der Waals surface area contributed by atoms with Crippen LogP contribution in [0, 0.1) is 0 Å². The summed E-state index contributed by atoms with van der Waals surface area (Å²) >= 11 is 3.65. The molecule has 1 aliphatic heterocycles. The third-order valence-electron chi connectivity index (χ3n) is 4.01. The zero-order valence-electron chi connectivity index (χ0n) is 13.5. The third kappa shape index (κ3) is 3.55. The van der Waals surface area contributed by atoms with Crippen molar-refractivity contribution in [2.75, 3.05) is 17.2 Å². The van der Waals surface area contributed by atoms with Gasteiger partial charge >= 0.3 is 0 Å². The molecule has 1 aromatic heterocycles. The maximum atomic E-state index is 5.90. The van der Waals surface area contributed by atoms with Crippen molar-refractivity contribution in [3.63, 3.8) is 0 Å². The second-order valence-corrected chi connectivity index (χ2v) is 6.95. The van der Waals surface area contributed by atoms with E-state index in [0.29, 0.717) is 11.9 Å². The zero-order chi connectivity index (χ0) is 16.4. The summed E-state index contributed by atoms with van der Waals surface area (Å²) in [6, 6.07) is 10.4. The minimum Gasteiger partial charge on any atom is -0.368 e. The lowest BCUT2D eigenvalue weighted by atomic mass is 9.99. The molecule has 5 heteroatoms. The number of anilines is 2. The lowest BCUT2D eigenvalue weighted by Gasteiger charge is -2.27. The summed E-state index contributed by atoms with van der Waals surface area (Å²) < 4.78 is 1.12. The molecule has 0 saturated carbocycles. The first-order chi connectivity index (χ1) is 11.0. The van der Waals surface area contributed by atoms with E-state index in [1.807, 2.05) is 12.1 Å². The van der Waals surface area contributed by atoms with Crippen LogP contribution in [0.3, 0.4) is 0 Å². The SMILES string of the molecule is CC(C)c1cc(N2C=C(c3ccccc3Br)CCC2)nc(N)n1. The van der Waals surface area contributed by atoms with Gasteiger partial charge in [0.15, 0.2) is 0 Å². The van der Waals surface area contributed by atoms with Gasteiger partial charge in [-0.05, 0) is 36.0 Å². The van der Waals surface area contributed by atoms with Crippen LogP contribution in [-0.4, -0.2) is 16.5 Å². The summed E-state index contributed by atoms with van der Waals surface area (Å²) in [4.78, 5) is 10.9. The molecule has 120 valence electrons. The molecule has 0 aliphatic carbocycles. The van der Waals surface area contributed by atoms with E-state index >= 15 is 0 Å². The van der Waals surface area contributed by atoms with E-state index in [-0.39, 0.29) is 0 Å². The average molecular weight is 373 g/mol. The Morgan fingerprint density at radius 2 is 2.00 bits per heavy atom. The highest BCUT2D eigenvalue weighted by Crippen LogP contribution is 2.32. The number of benzene rings is 1. The van der Waals surface area contributed by atoms with Gasteiger partial charge in [-0.3, -0.25) is 0 Å². The topological polar surface area (TPSA) is 55.0 Å². The molecule has 0 atom stereocenters. The molecule has 2 heterocycles. The van der Waals surface area contributed by atoms with Crippen LogP contribution in [0.1, 0.15) is 43.9 Å². The second-order valence-electron chi connectivity index (χ2n) is 6.10. The zero-order valence-corrected chi connectivity index (χ0v) is 15.0. The van der Waals surface area contributed by atoms with Gasteiger partial charge in [-0.1, -0.05) is 48.0 Å². The van der Waals surface area contributed by atoms with E-state index < -0.39 is 0 Å². The molecule has 23 heavy (non-hydrogen) atoms. The van der Waals surface area contributed by atoms with Crippen molar-refractivity contribution in [3.8, 4) is 0 Å². The number of nitrogens with zero attached hydrogens (tertiary/aromatic N) is 3. The second kappa shape index (κ2) is 6.71. The van der Waals surface area contributed by atoms with E-state index in [4.69, 9.17) is 5.73 Å². The van der Waals surface area contributed by atoms with Crippen LogP contribution in [0.2, 0.25) is 0 Å². The first-order valence-corrected chi connectivity index (χ1v) is 8.70.